The van der Waals surface area contributed by atoms with Crippen molar-refractivity contribution in [2.45, 2.75) is 6.42 Å². The number of carboxylic acids is 1. The van der Waals surface area contributed by atoms with Crippen molar-refractivity contribution in [3.8, 4) is 0 Å². The number of nitrogens with one attached hydrogen (secondary N) is 1. The number of nitro benzene ring substituents is 1. The Morgan fingerprint density at radius 3 is 2.45 bits per heavy atom. The first-order valence-electron chi connectivity index (χ1n) is 8.16. The summed E-state index contributed by atoms with van der Waals surface area (Å²) < 4.78 is 0. The van der Waals surface area contributed by atoms with Gasteiger partial charge in [0, 0.05) is 24.4 Å². The molecule has 0 aliphatic carbocycles. The zero-order chi connectivity index (χ0) is 21.3. The second-order valence-corrected chi connectivity index (χ2v) is 6.45. The van der Waals surface area contributed by atoms with Gasteiger partial charge in [0.2, 0.25) is 0 Å². The Balaban J connectivity index is 1.84. The van der Waals surface area contributed by atoms with E-state index in [1.807, 2.05) is 0 Å². The lowest BCUT2D eigenvalue weighted by Crippen LogP contribution is -2.31. The number of imide groups is 1. The van der Waals surface area contributed by atoms with Gasteiger partial charge in [-0.05, 0) is 24.3 Å². The fourth-order valence-corrected chi connectivity index (χ4v) is 2.98. The molecular formula is C18H12ClN3O7. The summed E-state index contributed by atoms with van der Waals surface area (Å²) in [5, 5.41) is 22.1. The number of hydrogen-bond acceptors (Lipinski definition) is 6. The molecule has 0 radical (unpaired) electrons. The molecule has 2 aromatic rings. The van der Waals surface area contributed by atoms with Crippen LogP contribution in [0.15, 0.2) is 36.4 Å². The topological polar surface area (TPSA) is 147 Å². The molecule has 10 nitrogen and oxygen atoms in total. The summed E-state index contributed by atoms with van der Waals surface area (Å²) in [6, 6.07) is 7.39. The van der Waals surface area contributed by atoms with Crippen molar-refractivity contribution in [1.29, 1.82) is 0 Å². The van der Waals surface area contributed by atoms with Crippen molar-refractivity contribution in [3.05, 3.63) is 68.2 Å². The summed E-state index contributed by atoms with van der Waals surface area (Å²) >= 11 is 5.94. The van der Waals surface area contributed by atoms with Crippen molar-refractivity contribution in [3.63, 3.8) is 0 Å². The molecule has 0 saturated carbocycles. The highest BCUT2D eigenvalue weighted by Crippen LogP contribution is 2.27. The average Bonchev–Trinajstić information content (AvgIpc) is 2.90. The van der Waals surface area contributed by atoms with Crippen molar-refractivity contribution in [2.24, 2.45) is 0 Å². The number of carboxylic acid groups (broad SMARTS) is 1. The van der Waals surface area contributed by atoms with E-state index in [0.29, 0.717) is 0 Å². The van der Waals surface area contributed by atoms with Crippen LogP contribution >= 0.6 is 11.6 Å². The van der Waals surface area contributed by atoms with Gasteiger partial charge in [-0.15, -0.1) is 0 Å². The first-order valence-corrected chi connectivity index (χ1v) is 8.54. The molecule has 29 heavy (non-hydrogen) atoms. The number of nitro groups is 1. The Kier molecular flexibility index (Phi) is 5.29. The van der Waals surface area contributed by atoms with E-state index in [1.54, 1.807) is 0 Å². The number of rotatable bonds is 6. The number of carbonyl (C=O) groups excluding carboxylic acids is 3. The number of amides is 3. The predicted octanol–water partition coefficient (Wildman–Crippen LogP) is 2.57. The molecule has 0 aromatic heterocycles. The average molecular weight is 418 g/mol. The molecule has 3 amide bonds. The maximum absolute atomic E-state index is 12.5. The summed E-state index contributed by atoms with van der Waals surface area (Å²) in [6.45, 7) is -0.271. The van der Waals surface area contributed by atoms with Crippen molar-refractivity contribution >= 4 is 46.7 Å². The third kappa shape index (κ3) is 3.92. The monoisotopic (exact) mass is 417 g/mol. The van der Waals surface area contributed by atoms with Gasteiger partial charge in [-0.3, -0.25) is 34.2 Å². The number of carbonyl (C=O) groups is 4. The molecule has 148 valence electrons. The molecule has 0 fully saturated rings. The van der Waals surface area contributed by atoms with Crippen molar-refractivity contribution < 1.29 is 29.2 Å². The molecule has 2 N–H and O–H groups in total. The van der Waals surface area contributed by atoms with E-state index in [-0.39, 0.29) is 46.1 Å². The maximum atomic E-state index is 12.5. The number of benzene rings is 2. The minimum atomic E-state index is -1.15. The van der Waals surface area contributed by atoms with E-state index in [1.165, 1.54) is 24.3 Å². The lowest BCUT2D eigenvalue weighted by molar-refractivity contribution is -0.384. The van der Waals surface area contributed by atoms with Crippen LogP contribution in [0, 0.1) is 10.1 Å². The van der Waals surface area contributed by atoms with Gasteiger partial charge in [-0.2, -0.15) is 0 Å². The van der Waals surface area contributed by atoms with Gasteiger partial charge in [0.1, 0.15) is 0 Å². The van der Waals surface area contributed by atoms with Crippen LogP contribution in [0.25, 0.3) is 0 Å². The zero-order valence-electron chi connectivity index (χ0n) is 14.5. The van der Waals surface area contributed by atoms with Crippen molar-refractivity contribution in [2.75, 3.05) is 11.9 Å². The van der Waals surface area contributed by atoms with E-state index < -0.39 is 28.6 Å². The molecule has 0 saturated heterocycles. The fraction of sp³-hybridized carbons (Fsp3) is 0.111. The van der Waals surface area contributed by atoms with E-state index in [2.05, 4.69) is 5.32 Å². The number of aliphatic carboxylic acids is 1. The molecular weight excluding hydrogens is 406 g/mol. The van der Waals surface area contributed by atoms with E-state index in [4.69, 9.17) is 16.7 Å². The van der Waals surface area contributed by atoms with Crippen LogP contribution in [0.2, 0.25) is 5.02 Å². The lowest BCUT2D eigenvalue weighted by Gasteiger charge is -2.11. The SMILES string of the molecule is O=C(O)CCN1C(=O)c2ccc(NC(=O)c3cc([N+](=O)[O-])ccc3Cl)cc2C1=O. The van der Waals surface area contributed by atoms with E-state index in [0.717, 1.165) is 17.0 Å². The molecule has 1 heterocycles. The van der Waals surface area contributed by atoms with Crippen LogP contribution in [-0.4, -0.2) is 45.2 Å². The predicted molar refractivity (Wildman–Crippen MR) is 100 cm³/mol. The van der Waals surface area contributed by atoms with E-state index >= 15 is 0 Å². The third-order valence-corrected chi connectivity index (χ3v) is 4.51. The Hall–Kier alpha value is -3.79. The van der Waals surface area contributed by atoms with Gasteiger partial charge < -0.3 is 10.4 Å². The van der Waals surface area contributed by atoms with Gasteiger partial charge in [0.25, 0.3) is 23.4 Å². The number of non-ortho nitro benzene ring substituents is 1. The number of hydrogen-bond donors (Lipinski definition) is 2. The molecule has 11 heteroatoms. The number of anilines is 1. The standard InChI is InChI=1S/C18H12ClN3O7/c19-14-4-2-10(22(28)29)8-13(14)16(25)20-9-1-3-11-12(7-9)18(27)21(17(11)26)6-5-15(23)24/h1-4,7-8H,5-6H2,(H,20,25)(H,23,24). The minimum absolute atomic E-state index is 0.000333. The maximum Gasteiger partial charge on any atom is 0.305 e. The van der Waals surface area contributed by atoms with Crippen LogP contribution in [0.4, 0.5) is 11.4 Å². The molecule has 1 aliphatic heterocycles. The Labute approximate surface area is 167 Å². The summed E-state index contributed by atoms with van der Waals surface area (Å²) in [4.78, 5) is 58.9. The first kappa shape index (κ1) is 20.0. The second-order valence-electron chi connectivity index (χ2n) is 6.04. The van der Waals surface area contributed by atoms with Crippen LogP contribution in [0.5, 0.6) is 0 Å². The van der Waals surface area contributed by atoms with Crippen LogP contribution in [0.3, 0.4) is 0 Å². The fourth-order valence-electron chi connectivity index (χ4n) is 2.78. The Morgan fingerprint density at radius 1 is 1.10 bits per heavy atom. The summed E-state index contributed by atoms with van der Waals surface area (Å²) in [7, 11) is 0. The van der Waals surface area contributed by atoms with Crippen LogP contribution in [-0.2, 0) is 4.79 Å². The van der Waals surface area contributed by atoms with Crippen molar-refractivity contribution in [1.82, 2.24) is 4.90 Å². The second kappa shape index (κ2) is 7.68. The number of fused-ring (bicyclic) bond motifs is 1. The largest absolute Gasteiger partial charge is 0.481 e. The minimum Gasteiger partial charge on any atom is -0.481 e. The lowest BCUT2D eigenvalue weighted by atomic mass is 10.1. The molecule has 0 spiro atoms. The normalized spacial score (nSPS) is 12.7. The van der Waals surface area contributed by atoms with E-state index in [9.17, 15) is 29.3 Å². The van der Waals surface area contributed by atoms with Gasteiger partial charge in [0.05, 0.1) is 33.1 Å². The zero-order valence-corrected chi connectivity index (χ0v) is 15.3. The highest BCUT2D eigenvalue weighted by atomic mass is 35.5. The number of halogens is 1. The summed E-state index contributed by atoms with van der Waals surface area (Å²) in [5.74, 6) is -3.18. The number of nitrogens with zero attached hydrogens (tertiary/aromatic N) is 2. The highest BCUT2D eigenvalue weighted by molar-refractivity contribution is 6.34. The Bertz CT molecular complexity index is 1080. The molecule has 0 atom stereocenters. The summed E-state index contributed by atoms with van der Waals surface area (Å²) in [6.07, 6.45) is -0.389. The first-order chi connectivity index (χ1) is 13.7. The quantitative estimate of drug-likeness (QED) is 0.417. The van der Waals surface area contributed by atoms with Crippen LogP contribution in [0.1, 0.15) is 37.5 Å². The smallest absolute Gasteiger partial charge is 0.305 e. The Morgan fingerprint density at radius 2 is 1.79 bits per heavy atom. The molecule has 1 aliphatic rings. The molecule has 0 unspecified atom stereocenters. The van der Waals surface area contributed by atoms with Gasteiger partial charge in [-0.25, -0.2) is 0 Å². The van der Waals surface area contributed by atoms with Gasteiger partial charge >= 0.3 is 5.97 Å². The molecule has 0 bridgehead atoms. The highest BCUT2D eigenvalue weighted by Gasteiger charge is 2.35. The van der Waals surface area contributed by atoms with Gasteiger partial charge in [0.15, 0.2) is 0 Å². The molecule has 2 aromatic carbocycles. The molecule has 3 rings (SSSR count). The van der Waals surface area contributed by atoms with Crippen LogP contribution < -0.4 is 5.32 Å². The summed E-state index contributed by atoms with van der Waals surface area (Å²) in [5.41, 5.74) is -0.178. The third-order valence-electron chi connectivity index (χ3n) is 4.18. The van der Waals surface area contributed by atoms with Gasteiger partial charge in [-0.1, -0.05) is 11.6 Å².